The number of aryl methyl sites for hydroxylation is 2. The molecule has 0 aliphatic carbocycles. The van der Waals surface area contributed by atoms with Crippen molar-refractivity contribution in [1.82, 2.24) is 20.0 Å². The number of rotatable bonds is 7. The van der Waals surface area contributed by atoms with Crippen molar-refractivity contribution in [2.24, 2.45) is 0 Å². The van der Waals surface area contributed by atoms with Gasteiger partial charge in [0.2, 0.25) is 5.88 Å². The number of hydrogen-bond acceptors (Lipinski definition) is 7. The molecule has 9 nitrogen and oxygen atoms in total. The zero-order valence-corrected chi connectivity index (χ0v) is 18.5. The second-order valence-electron chi connectivity index (χ2n) is 7.00. The van der Waals surface area contributed by atoms with Crippen molar-refractivity contribution < 1.29 is 17.9 Å². The molecule has 0 saturated carbocycles. The highest BCUT2D eigenvalue weighted by Gasteiger charge is 2.19. The number of sulfonamides is 1. The van der Waals surface area contributed by atoms with E-state index < -0.39 is 10.0 Å². The lowest BCUT2D eigenvalue weighted by molar-refractivity contribution is 0.411. The van der Waals surface area contributed by atoms with Gasteiger partial charge in [0.15, 0.2) is 5.82 Å². The summed E-state index contributed by atoms with van der Waals surface area (Å²) < 4.78 is 40.9. The van der Waals surface area contributed by atoms with E-state index in [9.17, 15) is 8.42 Å². The van der Waals surface area contributed by atoms with E-state index in [1.165, 1.54) is 0 Å². The van der Waals surface area contributed by atoms with Crippen LogP contribution in [0.25, 0.3) is 5.82 Å². The Balaban J connectivity index is 1.46. The fourth-order valence-electron chi connectivity index (χ4n) is 3.09. The van der Waals surface area contributed by atoms with E-state index in [1.54, 1.807) is 92.6 Å². The quantitative estimate of drug-likeness (QED) is 0.454. The third kappa shape index (κ3) is 4.54. The first-order valence-corrected chi connectivity index (χ1v) is 11.1. The summed E-state index contributed by atoms with van der Waals surface area (Å²) in [5, 5.41) is 12.2. The van der Waals surface area contributed by atoms with Gasteiger partial charge in [-0.2, -0.15) is 5.10 Å². The van der Waals surface area contributed by atoms with Gasteiger partial charge in [-0.25, -0.2) is 13.1 Å². The molecule has 4 rings (SSSR count). The average molecular weight is 452 g/mol. The maximum atomic E-state index is 12.9. The highest BCUT2D eigenvalue weighted by atomic mass is 32.2. The Morgan fingerprint density at radius 2 is 1.75 bits per heavy atom. The van der Waals surface area contributed by atoms with Gasteiger partial charge in [0.1, 0.15) is 11.5 Å². The number of hydrogen-bond donors (Lipinski definition) is 1. The lowest BCUT2D eigenvalue weighted by Crippen LogP contribution is -2.14. The molecule has 10 heteroatoms. The maximum absolute atomic E-state index is 12.9. The summed E-state index contributed by atoms with van der Waals surface area (Å²) in [5.74, 6) is 2.00. The van der Waals surface area contributed by atoms with Gasteiger partial charge < -0.3 is 9.47 Å². The first-order valence-electron chi connectivity index (χ1n) is 9.65. The predicted octanol–water partition coefficient (Wildman–Crippen LogP) is 3.88. The molecule has 2 aromatic carbocycles. The van der Waals surface area contributed by atoms with Crippen LogP contribution in [0.1, 0.15) is 11.1 Å². The van der Waals surface area contributed by atoms with Crippen LogP contribution in [0.3, 0.4) is 0 Å². The molecule has 0 atom stereocenters. The average Bonchev–Trinajstić information content (AvgIpc) is 3.31. The second-order valence-corrected chi connectivity index (χ2v) is 8.65. The minimum absolute atomic E-state index is 0.198. The fourth-order valence-corrected chi connectivity index (χ4v) is 4.46. The molecular weight excluding hydrogens is 430 g/mol. The van der Waals surface area contributed by atoms with Crippen LogP contribution in [0.5, 0.6) is 17.4 Å². The first-order chi connectivity index (χ1) is 15.4. The van der Waals surface area contributed by atoms with Gasteiger partial charge in [-0.15, -0.1) is 10.2 Å². The van der Waals surface area contributed by atoms with Crippen LogP contribution in [0.15, 0.2) is 71.9 Å². The van der Waals surface area contributed by atoms with E-state index in [0.717, 1.165) is 5.56 Å². The number of nitrogens with one attached hydrogen (secondary N) is 1. The van der Waals surface area contributed by atoms with E-state index in [-0.39, 0.29) is 4.90 Å². The van der Waals surface area contributed by atoms with Crippen molar-refractivity contribution in [3.8, 4) is 23.2 Å². The molecule has 4 aromatic rings. The van der Waals surface area contributed by atoms with Crippen LogP contribution in [0.4, 0.5) is 5.69 Å². The Morgan fingerprint density at radius 1 is 0.969 bits per heavy atom. The number of ether oxygens (including phenoxy) is 2. The number of benzene rings is 2. The molecule has 2 heterocycles. The van der Waals surface area contributed by atoms with Gasteiger partial charge in [-0.05, 0) is 73.5 Å². The second kappa shape index (κ2) is 8.67. The molecule has 1 N–H and O–H groups in total. The molecule has 32 heavy (non-hydrogen) atoms. The van der Waals surface area contributed by atoms with Crippen molar-refractivity contribution >= 4 is 15.7 Å². The molecule has 2 aromatic heterocycles. The number of nitrogens with zero attached hydrogens (tertiary/aromatic N) is 4. The Morgan fingerprint density at radius 3 is 2.38 bits per heavy atom. The zero-order chi connectivity index (χ0) is 22.7. The Kier molecular flexibility index (Phi) is 5.78. The molecule has 0 fully saturated rings. The van der Waals surface area contributed by atoms with Crippen molar-refractivity contribution in [1.29, 1.82) is 0 Å². The van der Waals surface area contributed by atoms with E-state index in [1.807, 2.05) is 0 Å². The van der Waals surface area contributed by atoms with Crippen LogP contribution in [-0.2, 0) is 10.0 Å². The van der Waals surface area contributed by atoms with E-state index in [2.05, 4.69) is 20.0 Å². The smallest absolute Gasteiger partial charge is 0.262 e. The molecule has 0 saturated heterocycles. The van der Waals surface area contributed by atoms with E-state index >= 15 is 0 Å². The monoisotopic (exact) mass is 451 g/mol. The van der Waals surface area contributed by atoms with Gasteiger partial charge in [0, 0.05) is 24.1 Å². The Hall–Kier alpha value is -3.92. The van der Waals surface area contributed by atoms with Crippen LogP contribution in [-0.4, -0.2) is 35.5 Å². The molecule has 0 bridgehead atoms. The molecule has 0 radical (unpaired) electrons. The van der Waals surface area contributed by atoms with Crippen LogP contribution < -0.4 is 14.2 Å². The molecule has 0 spiro atoms. The van der Waals surface area contributed by atoms with Crippen molar-refractivity contribution in [3.05, 3.63) is 78.1 Å². The summed E-state index contributed by atoms with van der Waals surface area (Å²) in [6.45, 7) is 3.53. The minimum Gasteiger partial charge on any atom is -0.496 e. The summed E-state index contributed by atoms with van der Waals surface area (Å²) in [5.41, 5.74) is 1.74. The lowest BCUT2D eigenvalue weighted by atomic mass is 10.1. The standard InChI is InChI=1S/C22H21N5O4S/c1-15-14-20(16(2)13-19(15)30-3)32(28,29)26-17-5-7-18(8-6-17)31-22-10-9-21(24-25-22)27-12-4-11-23-27/h4-14,26H,1-3H3. The van der Waals surface area contributed by atoms with Crippen molar-refractivity contribution in [3.63, 3.8) is 0 Å². The van der Waals surface area contributed by atoms with Gasteiger partial charge in [0.25, 0.3) is 10.0 Å². The van der Waals surface area contributed by atoms with Gasteiger partial charge in [-0.3, -0.25) is 4.72 Å². The summed E-state index contributed by atoms with van der Waals surface area (Å²) in [7, 11) is -2.21. The Bertz CT molecular complexity index is 1320. The highest BCUT2D eigenvalue weighted by Crippen LogP contribution is 2.28. The van der Waals surface area contributed by atoms with Crippen molar-refractivity contribution in [2.75, 3.05) is 11.8 Å². The molecular formula is C22H21N5O4S. The summed E-state index contributed by atoms with van der Waals surface area (Å²) in [6, 6.07) is 15.0. The van der Waals surface area contributed by atoms with Crippen LogP contribution in [0, 0.1) is 13.8 Å². The number of aromatic nitrogens is 4. The van der Waals surface area contributed by atoms with Gasteiger partial charge in [-0.1, -0.05) is 0 Å². The van der Waals surface area contributed by atoms with E-state index in [4.69, 9.17) is 9.47 Å². The number of methoxy groups -OCH3 is 1. The molecule has 0 aliphatic rings. The summed E-state index contributed by atoms with van der Waals surface area (Å²) in [6.07, 6.45) is 3.41. The minimum atomic E-state index is -3.77. The summed E-state index contributed by atoms with van der Waals surface area (Å²) in [4.78, 5) is 0.198. The van der Waals surface area contributed by atoms with Gasteiger partial charge in [0.05, 0.1) is 12.0 Å². The zero-order valence-electron chi connectivity index (χ0n) is 17.7. The third-order valence-corrected chi connectivity index (χ3v) is 6.20. The van der Waals surface area contributed by atoms with Crippen LogP contribution >= 0.6 is 0 Å². The lowest BCUT2D eigenvalue weighted by Gasteiger charge is -2.14. The largest absolute Gasteiger partial charge is 0.496 e. The SMILES string of the molecule is COc1cc(C)c(S(=O)(=O)Nc2ccc(Oc3ccc(-n4cccn4)nn3)cc2)cc1C. The van der Waals surface area contributed by atoms with Crippen molar-refractivity contribution in [2.45, 2.75) is 18.7 Å². The third-order valence-electron chi connectivity index (χ3n) is 4.68. The first kappa shape index (κ1) is 21.3. The predicted molar refractivity (Wildman–Crippen MR) is 119 cm³/mol. The van der Waals surface area contributed by atoms with Gasteiger partial charge >= 0.3 is 0 Å². The van der Waals surface area contributed by atoms with E-state index in [0.29, 0.717) is 34.4 Å². The topological polar surface area (TPSA) is 108 Å². The molecule has 0 unspecified atom stereocenters. The Labute approximate surface area is 185 Å². The maximum Gasteiger partial charge on any atom is 0.262 e. The normalized spacial score (nSPS) is 11.2. The molecule has 164 valence electrons. The number of anilines is 1. The molecule has 0 amide bonds. The highest BCUT2D eigenvalue weighted by molar-refractivity contribution is 7.92. The fraction of sp³-hybridized carbons (Fsp3) is 0.136. The van der Waals surface area contributed by atoms with Crippen LogP contribution in [0.2, 0.25) is 0 Å². The molecule has 0 aliphatic heterocycles. The summed E-state index contributed by atoms with van der Waals surface area (Å²) >= 11 is 0.